The molecular weight excluding hydrogens is 232 g/mol. The van der Waals surface area contributed by atoms with Crippen LogP contribution in [0.4, 0.5) is 0 Å². The van der Waals surface area contributed by atoms with E-state index in [9.17, 15) is 4.79 Å². The molecular formula is C13H14N2O3. The van der Waals surface area contributed by atoms with Gasteiger partial charge in [0.2, 0.25) is 0 Å². The molecule has 1 aliphatic heterocycles. The van der Waals surface area contributed by atoms with Crippen molar-refractivity contribution < 1.29 is 14.3 Å². The van der Waals surface area contributed by atoms with Gasteiger partial charge >= 0.3 is 5.97 Å². The van der Waals surface area contributed by atoms with E-state index in [0.29, 0.717) is 22.9 Å². The molecule has 1 atom stereocenters. The van der Waals surface area contributed by atoms with Gasteiger partial charge in [-0.1, -0.05) is 0 Å². The maximum atomic E-state index is 10.9. The van der Waals surface area contributed by atoms with Crippen LogP contribution in [0.25, 0.3) is 11.1 Å². The number of nitrogens with one attached hydrogen (secondary N) is 1. The van der Waals surface area contributed by atoms with Gasteiger partial charge in [-0.05, 0) is 37.6 Å². The van der Waals surface area contributed by atoms with Crippen LogP contribution in [0.3, 0.4) is 0 Å². The molecule has 2 heterocycles. The van der Waals surface area contributed by atoms with Crippen LogP contribution in [0.15, 0.2) is 22.6 Å². The molecule has 0 aliphatic carbocycles. The minimum absolute atomic E-state index is 0.240. The Balaban J connectivity index is 1.97. The highest BCUT2D eigenvalue weighted by atomic mass is 16.4. The van der Waals surface area contributed by atoms with Gasteiger partial charge in [0.05, 0.1) is 5.56 Å². The molecule has 1 unspecified atom stereocenters. The molecule has 0 saturated carbocycles. The zero-order valence-corrected chi connectivity index (χ0v) is 9.85. The van der Waals surface area contributed by atoms with Crippen LogP contribution < -0.4 is 5.32 Å². The van der Waals surface area contributed by atoms with E-state index in [0.717, 1.165) is 25.9 Å². The molecule has 94 valence electrons. The Morgan fingerprint density at radius 1 is 1.50 bits per heavy atom. The third-order valence-corrected chi connectivity index (χ3v) is 3.30. The number of aromatic nitrogens is 1. The summed E-state index contributed by atoms with van der Waals surface area (Å²) in [6.45, 7) is 1.92. The van der Waals surface area contributed by atoms with Gasteiger partial charge in [-0.25, -0.2) is 9.78 Å². The standard InChI is InChI=1S/C13H14N2O3/c16-13(17)8-3-4-11-10(6-8)15-12(18-11)9-2-1-5-14-7-9/h3-4,6,9,14H,1-2,5,7H2,(H,16,17). The lowest BCUT2D eigenvalue weighted by Gasteiger charge is -2.19. The first-order valence-electron chi connectivity index (χ1n) is 6.08. The van der Waals surface area contributed by atoms with Gasteiger partial charge < -0.3 is 14.8 Å². The molecule has 1 aromatic heterocycles. The topological polar surface area (TPSA) is 75.4 Å². The molecule has 5 nitrogen and oxygen atoms in total. The predicted molar refractivity (Wildman–Crippen MR) is 65.8 cm³/mol. The third-order valence-electron chi connectivity index (χ3n) is 3.30. The van der Waals surface area contributed by atoms with Crippen molar-refractivity contribution in [2.24, 2.45) is 0 Å². The highest BCUT2D eigenvalue weighted by Crippen LogP contribution is 2.26. The van der Waals surface area contributed by atoms with E-state index in [-0.39, 0.29) is 5.56 Å². The Kier molecular flexibility index (Phi) is 2.76. The molecule has 1 saturated heterocycles. The SMILES string of the molecule is O=C(O)c1ccc2oc(C3CCCNC3)nc2c1. The second kappa shape index (κ2) is 4.42. The molecule has 5 heteroatoms. The summed E-state index contributed by atoms with van der Waals surface area (Å²) in [5.41, 5.74) is 1.51. The van der Waals surface area contributed by atoms with E-state index in [1.807, 2.05) is 0 Å². The summed E-state index contributed by atoms with van der Waals surface area (Å²) >= 11 is 0. The first kappa shape index (κ1) is 11.2. The summed E-state index contributed by atoms with van der Waals surface area (Å²) < 4.78 is 5.70. The largest absolute Gasteiger partial charge is 0.478 e. The van der Waals surface area contributed by atoms with E-state index < -0.39 is 5.97 Å². The summed E-state index contributed by atoms with van der Waals surface area (Å²) in [5, 5.41) is 12.2. The summed E-state index contributed by atoms with van der Waals surface area (Å²) in [5.74, 6) is 0.0555. The smallest absolute Gasteiger partial charge is 0.335 e. The lowest BCUT2D eigenvalue weighted by molar-refractivity contribution is 0.0697. The van der Waals surface area contributed by atoms with Crippen LogP contribution >= 0.6 is 0 Å². The lowest BCUT2D eigenvalue weighted by atomic mass is 10.00. The third kappa shape index (κ3) is 1.97. The van der Waals surface area contributed by atoms with E-state index in [2.05, 4.69) is 10.3 Å². The Morgan fingerprint density at radius 3 is 3.11 bits per heavy atom. The zero-order chi connectivity index (χ0) is 12.5. The van der Waals surface area contributed by atoms with Crippen molar-refractivity contribution in [3.05, 3.63) is 29.7 Å². The summed E-state index contributed by atoms with van der Waals surface area (Å²) in [6.07, 6.45) is 2.18. The van der Waals surface area contributed by atoms with Crippen molar-refractivity contribution >= 4 is 17.1 Å². The number of fused-ring (bicyclic) bond motifs is 1. The highest BCUT2D eigenvalue weighted by Gasteiger charge is 2.20. The molecule has 0 bridgehead atoms. The number of carbonyl (C=O) groups is 1. The minimum atomic E-state index is -0.944. The van der Waals surface area contributed by atoms with Crippen molar-refractivity contribution in [1.29, 1.82) is 0 Å². The fourth-order valence-corrected chi connectivity index (χ4v) is 2.32. The second-order valence-corrected chi connectivity index (χ2v) is 4.58. The first-order chi connectivity index (χ1) is 8.74. The van der Waals surface area contributed by atoms with Gasteiger partial charge in [-0.15, -0.1) is 0 Å². The number of carboxylic acid groups (broad SMARTS) is 1. The number of carboxylic acids is 1. The molecule has 1 aliphatic rings. The van der Waals surface area contributed by atoms with Gasteiger partial charge in [0.15, 0.2) is 11.5 Å². The number of hydrogen-bond donors (Lipinski definition) is 2. The van der Waals surface area contributed by atoms with E-state index in [1.54, 1.807) is 18.2 Å². The second-order valence-electron chi connectivity index (χ2n) is 4.58. The van der Waals surface area contributed by atoms with E-state index >= 15 is 0 Å². The highest BCUT2D eigenvalue weighted by molar-refractivity contribution is 5.91. The average Bonchev–Trinajstić information content (AvgIpc) is 2.82. The fourth-order valence-electron chi connectivity index (χ4n) is 2.32. The summed E-state index contributed by atoms with van der Waals surface area (Å²) in [7, 11) is 0. The van der Waals surface area contributed by atoms with Crippen LogP contribution in [0.1, 0.15) is 35.0 Å². The van der Waals surface area contributed by atoms with Gasteiger partial charge in [-0.2, -0.15) is 0 Å². The maximum absolute atomic E-state index is 10.9. The Morgan fingerprint density at radius 2 is 2.39 bits per heavy atom. The minimum Gasteiger partial charge on any atom is -0.478 e. The van der Waals surface area contributed by atoms with Crippen molar-refractivity contribution in [2.45, 2.75) is 18.8 Å². The molecule has 18 heavy (non-hydrogen) atoms. The number of oxazole rings is 1. The molecule has 1 fully saturated rings. The molecule has 0 radical (unpaired) electrons. The average molecular weight is 246 g/mol. The van der Waals surface area contributed by atoms with Gasteiger partial charge in [0.25, 0.3) is 0 Å². The summed E-state index contributed by atoms with van der Waals surface area (Å²) in [4.78, 5) is 15.3. The number of nitrogens with zero attached hydrogens (tertiary/aromatic N) is 1. The van der Waals surface area contributed by atoms with Gasteiger partial charge in [0.1, 0.15) is 5.52 Å². The van der Waals surface area contributed by atoms with Crippen LogP contribution in [-0.4, -0.2) is 29.1 Å². The molecule has 0 amide bonds. The molecule has 0 spiro atoms. The first-order valence-corrected chi connectivity index (χ1v) is 6.08. The van der Waals surface area contributed by atoms with E-state index in [4.69, 9.17) is 9.52 Å². The fraction of sp³-hybridized carbons (Fsp3) is 0.385. The molecule has 1 aromatic carbocycles. The molecule has 2 aromatic rings. The van der Waals surface area contributed by atoms with Crippen LogP contribution in [0.2, 0.25) is 0 Å². The van der Waals surface area contributed by atoms with Crippen molar-refractivity contribution in [3.63, 3.8) is 0 Å². The monoisotopic (exact) mass is 246 g/mol. The van der Waals surface area contributed by atoms with Gasteiger partial charge in [-0.3, -0.25) is 0 Å². The van der Waals surface area contributed by atoms with Crippen molar-refractivity contribution in [1.82, 2.24) is 10.3 Å². The van der Waals surface area contributed by atoms with Crippen LogP contribution in [-0.2, 0) is 0 Å². The number of rotatable bonds is 2. The van der Waals surface area contributed by atoms with Gasteiger partial charge in [0, 0.05) is 12.5 Å². The zero-order valence-electron chi connectivity index (χ0n) is 9.85. The quantitative estimate of drug-likeness (QED) is 0.847. The number of piperidine rings is 1. The Hall–Kier alpha value is -1.88. The molecule has 3 rings (SSSR count). The van der Waals surface area contributed by atoms with Crippen LogP contribution in [0, 0.1) is 0 Å². The van der Waals surface area contributed by atoms with Crippen molar-refractivity contribution in [3.8, 4) is 0 Å². The van der Waals surface area contributed by atoms with Crippen molar-refractivity contribution in [2.75, 3.05) is 13.1 Å². The number of hydrogen-bond acceptors (Lipinski definition) is 4. The molecule has 2 N–H and O–H groups in total. The predicted octanol–water partition coefficient (Wildman–Crippen LogP) is 1.99. The number of aromatic carboxylic acids is 1. The Bertz CT molecular complexity index is 585. The summed E-state index contributed by atoms with van der Waals surface area (Å²) in [6, 6.07) is 4.77. The van der Waals surface area contributed by atoms with Crippen LogP contribution in [0.5, 0.6) is 0 Å². The maximum Gasteiger partial charge on any atom is 0.335 e. The van der Waals surface area contributed by atoms with E-state index in [1.165, 1.54) is 0 Å². The normalized spacial score (nSPS) is 20.1. The number of benzene rings is 1. The lowest BCUT2D eigenvalue weighted by Crippen LogP contribution is -2.28. The Labute approximate surface area is 104 Å².